The van der Waals surface area contributed by atoms with Gasteiger partial charge in [0.05, 0.1) is 18.5 Å². The van der Waals surface area contributed by atoms with Crippen LogP contribution >= 0.6 is 0 Å². The number of carbonyl (C=O) groups is 2. The molecule has 31 heavy (non-hydrogen) atoms. The minimum absolute atomic E-state index is 0.144. The second-order valence-corrected chi connectivity index (χ2v) is 7.03. The van der Waals surface area contributed by atoms with Crippen molar-refractivity contribution in [2.45, 2.75) is 13.8 Å². The van der Waals surface area contributed by atoms with Crippen molar-refractivity contribution in [2.75, 3.05) is 18.5 Å². The van der Waals surface area contributed by atoms with Crippen LogP contribution in [0, 0.1) is 16.7 Å². The van der Waals surface area contributed by atoms with Gasteiger partial charge in [0.2, 0.25) is 0 Å². The average molecular weight is 421 g/mol. The Morgan fingerprint density at radius 2 is 2.00 bits per heavy atom. The predicted octanol–water partition coefficient (Wildman–Crippen LogP) is 1.98. The number of aliphatic hydroxyl groups excluding tert-OH is 1. The van der Waals surface area contributed by atoms with Crippen LogP contribution in [0.5, 0.6) is 0 Å². The summed E-state index contributed by atoms with van der Waals surface area (Å²) >= 11 is 0. The van der Waals surface area contributed by atoms with Crippen molar-refractivity contribution in [3.05, 3.63) is 42.4 Å². The Labute approximate surface area is 178 Å². The second kappa shape index (κ2) is 9.26. The molecule has 3 rings (SSSR count). The molecule has 0 saturated carbocycles. The summed E-state index contributed by atoms with van der Waals surface area (Å²) < 4.78 is 0. The van der Waals surface area contributed by atoms with Crippen molar-refractivity contribution in [1.82, 2.24) is 20.3 Å². The summed E-state index contributed by atoms with van der Waals surface area (Å²) in [7, 11) is 0. The maximum Gasteiger partial charge on any atom is 0.270 e. The van der Waals surface area contributed by atoms with E-state index >= 15 is 0 Å². The van der Waals surface area contributed by atoms with Gasteiger partial charge in [-0.15, -0.1) is 0 Å². The van der Waals surface area contributed by atoms with Crippen LogP contribution in [0.3, 0.4) is 0 Å². The van der Waals surface area contributed by atoms with Crippen molar-refractivity contribution < 1.29 is 14.7 Å². The molecule has 10 nitrogen and oxygen atoms in total. The minimum Gasteiger partial charge on any atom is -0.395 e. The third-order valence-electron chi connectivity index (χ3n) is 4.76. The number of carbonyl (C=O) groups excluding carboxylic acids is 2. The molecule has 0 aliphatic heterocycles. The van der Waals surface area contributed by atoms with E-state index in [1.54, 1.807) is 32.0 Å². The number of pyridine rings is 2. The van der Waals surface area contributed by atoms with Gasteiger partial charge in [-0.1, -0.05) is 6.92 Å². The van der Waals surface area contributed by atoms with E-state index in [9.17, 15) is 9.59 Å². The van der Waals surface area contributed by atoms with Gasteiger partial charge in [0.25, 0.3) is 11.8 Å². The highest BCUT2D eigenvalue weighted by Crippen LogP contribution is 2.25. The van der Waals surface area contributed by atoms with Crippen LogP contribution in [0.4, 0.5) is 5.69 Å². The molecule has 0 aliphatic rings. The summed E-state index contributed by atoms with van der Waals surface area (Å²) in [5.74, 6) is -1.53. The number of aromatic nitrogens is 3. The molecular formula is C21H23N7O3. The zero-order valence-electron chi connectivity index (χ0n) is 17.1. The van der Waals surface area contributed by atoms with Gasteiger partial charge in [0.1, 0.15) is 17.1 Å². The molecule has 10 heteroatoms. The van der Waals surface area contributed by atoms with E-state index in [2.05, 4.69) is 25.6 Å². The van der Waals surface area contributed by atoms with E-state index in [-0.39, 0.29) is 36.2 Å². The molecule has 6 N–H and O–H groups in total. The summed E-state index contributed by atoms with van der Waals surface area (Å²) in [5.41, 5.74) is 2.74. The first-order valence-corrected chi connectivity index (χ1v) is 9.59. The van der Waals surface area contributed by atoms with Crippen LogP contribution in [0.15, 0.2) is 36.7 Å². The van der Waals surface area contributed by atoms with Crippen molar-refractivity contribution in [3.8, 4) is 11.3 Å². The zero-order chi connectivity index (χ0) is 22.5. The van der Waals surface area contributed by atoms with Crippen LogP contribution in [0.1, 0.15) is 24.3 Å². The van der Waals surface area contributed by atoms with Crippen LogP contribution in [-0.4, -0.2) is 56.4 Å². The molecule has 0 bridgehead atoms. The van der Waals surface area contributed by atoms with Gasteiger partial charge >= 0.3 is 0 Å². The smallest absolute Gasteiger partial charge is 0.270 e. The van der Waals surface area contributed by atoms with Gasteiger partial charge in [-0.2, -0.15) is 0 Å². The third kappa shape index (κ3) is 4.98. The van der Waals surface area contributed by atoms with Gasteiger partial charge in [0, 0.05) is 41.0 Å². The van der Waals surface area contributed by atoms with Crippen molar-refractivity contribution >= 4 is 40.0 Å². The third-order valence-corrected chi connectivity index (χ3v) is 4.76. The zero-order valence-corrected chi connectivity index (χ0v) is 17.1. The Bertz CT molecular complexity index is 1170. The first-order valence-electron chi connectivity index (χ1n) is 9.59. The monoisotopic (exact) mass is 421 g/mol. The minimum atomic E-state index is -0.580. The largest absolute Gasteiger partial charge is 0.395 e. The molecule has 0 radical (unpaired) electrons. The van der Waals surface area contributed by atoms with Crippen molar-refractivity contribution in [1.29, 1.82) is 10.8 Å². The number of nitrogens with zero attached hydrogens (tertiary/aromatic N) is 2. The Morgan fingerprint density at radius 3 is 2.71 bits per heavy atom. The maximum atomic E-state index is 12.3. The summed E-state index contributed by atoms with van der Waals surface area (Å²) in [6, 6.07) is 6.94. The number of nitrogens with one attached hydrogen (secondary N) is 5. The SMILES string of the molecule is CC(=N)C(C)C(=N)C(=O)Nc1cnc2[nH]c(-c3ccnc(C(=O)NCCO)c3)cc2c1. The second-order valence-electron chi connectivity index (χ2n) is 7.03. The topological polar surface area (TPSA) is 168 Å². The predicted molar refractivity (Wildman–Crippen MR) is 118 cm³/mol. The van der Waals surface area contributed by atoms with E-state index in [1.165, 1.54) is 12.4 Å². The number of hydrogen-bond donors (Lipinski definition) is 6. The number of anilines is 1. The molecule has 0 aliphatic carbocycles. The number of fused-ring (bicyclic) bond motifs is 1. The molecular weight excluding hydrogens is 398 g/mol. The maximum absolute atomic E-state index is 12.3. The normalized spacial score (nSPS) is 11.7. The van der Waals surface area contributed by atoms with Gasteiger partial charge < -0.3 is 26.1 Å². The number of rotatable bonds is 8. The number of hydrogen-bond acceptors (Lipinski definition) is 7. The van der Waals surface area contributed by atoms with Crippen LogP contribution in [0.25, 0.3) is 22.3 Å². The summed E-state index contributed by atoms with van der Waals surface area (Å²) in [6.07, 6.45) is 3.00. The lowest BCUT2D eigenvalue weighted by Gasteiger charge is -2.11. The Morgan fingerprint density at radius 1 is 1.23 bits per heavy atom. The molecule has 0 spiro atoms. The fourth-order valence-corrected chi connectivity index (χ4v) is 2.83. The quantitative estimate of drug-likeness (QED) is 0.305. The van der Waals surface area contributed by atoms with Crippen LogP contribution < -0.4 is 10.6 Å². The molecule has 3 aromatic rings. The molecule has 2 amide bonds. The standard InChI is InChI=1S/C21H23N7O3/c1-11(12(2)22)18(23)21(31)27-15-7-14-9-16(28-19(14)26-10-15)13-3-4-24-17(8-13)20(30)25-5-6-29/h3-4,7-11,22-23,29H,5-6H2,1-2H3,(H,25,30)(H,26,28)(H,27,31). The molecule has 0 fully saturated rings. The number of aromatic amines is 1. The van der Waals surface area contributed by atoms with E-state index in [4.69, 9.17) is 15.9 Å². The van der Waals surface area contributed by atoms with Crippen LogP contribution in [0.2, 0.25) is 0 Å². The highest BCUT2D eigenvalue weighted by Gasteiger charge is 2.19. The first-order chi connectivity index (χ1) is 14.8. The van der Waals surface area contributed by atoms with E-state index < -0.39 is 11.8 Å². The number of amides is 2. The Hall–Kier alpha value is -3.92. The lowest BCUT2D eigenvalue weighted by Crippen LogP contribution is -2.30. The number of aliphatic hydroxyl groups is 1. The summed E-state index contributed by atoms with van der Waals surface area (Å²) in [4.78, 5) is 35.9. The molecule has 3 heterocycles. The van der Waals surface area contributed by atoms with Gasteiger partial charge in [-0.3, -0.25) is 20.0 Å². The average Bonchev–Trinajstić information content (AvgIpc) is 3.19. The molecule has 0 saturated heterocycles. The Kier molecular flexibility index (Phi) is 6.51. The first kappa shape index (κ1) is 21.8. The van der Waals surface area contributed by atoms with E-state index in [0.717, 1.165) is 10.9 Å². The van der Waals surface area contributed by atoms with Gasteiger partial charge in [-0.05, 0) is 31.2 Å². The fourth-order valence-electron chi connectivity index (χ4n) is 2.83. The van der Waals surface area contributed by atoms with E-state index in [0.29, 0.717) is 17.0 Å². The summed E-state index contributed by atoms with van der Waals surface area (Å²) in [5, 5.41) is 30.3. The molecule has 1 unspecified atom stereocenters. The van der Waals surface area contributed by atoms with Crippen molar-refractivity contribution in [3.63, 3.8) is 0 Å². The molecule has 1 atom stereocenters. The van der Waals surface area contributed by atoms with Gasteiger partial charge in [0.15, 0.2) is 0 Å². The summed E-state index contributed by atoms with van der Waals surface area (Å²) in [6.45, 7) is 3.18. The molecule has 3 aromatic heterocycles. The molecule has 160 valence electrons. The Balaban J connectivity index is 1.82. The van der Waals surface area contributed by atoms with E-state index in [1.807, 2.05) is 6.07 Å². The highest BCUT2D eigenvalue weighted by atomic mass is 16.3. The van der Waals surface area contributed by atoms with Gasteiger partial charge in [-0.25, -0.2) is 4.98 Å². The lowest BCUT2D eigenvalue weighted by molar-refractivity contribution is -0.110. The fraction of sp³-hybridized carbons (Fsp3) is 0.238. The highest BCUT2D eigenvalue weighted by molar-refractivity contribution is 6.45. The number of H-pyrrole nitrogens is 1. The van der Waals surface area contributed by atoms with Crippen molar-refractivity contribution in [2.24, 2.45) is 5.92 Å². The molecule has 0 aromatic carbocycles. The lowest BCUT2D eigenvalue weighted by atomic mass is 10.0. The van der Waals surface area contributed by atoms with Crippen LogP contribution in [-0.2, 0) is 4.79 Å².